The molecule has 0 amide bonds. The normalized spacial score (nSPS) is 14.5. The molecule has 142 valence electrons. The second kappa shape index (κ2) is 6.19. The molecular weight excluding hydrogens is 371 g/mol. The first kappa shape index (κ1) is 17.7. The van der Waals surface area contributed by atoms with Gasteiger partial charge in [-0.25, -0.2) is 12.8 Å². The number of aromatic amines is 1. The molecule has 1 aliphatic rings. The number of sulfonamides is 1. The van der Waals surface area contributed by atoms with Gasteiger partial charge in [0.25, 0.3) is 15.9 Å². The topological polar surface area (TPSA) is 101 Å². The molecule has 9 heteroatoms. The summed E-state index contributed by atoms with van der Waals surface area (Å²) >= 11 is 0. The average Bonchev–Trinajstić information content (AvgIpc) is 3.23. The summed E-state index contributed by atoms with van der Waals surface area (Å²) in [4.78, 5) is 3.09. The number of anilines is 1. The van der Waals surface area contributed by atoms with E-state index in [0.29, 0.717) is 34.1 Å². The SMILES string of the molecule is Cc1cc(F)ccc1NS(=O)(=O)c1c(C)[nH]c(C)c1-c1nnc(C2CC2)o1. The first-order valence-electron chi connectivity index (χ1n) is 8.58. The third-order valence-electron chi connectivity index (χ3n) is 4.60. The molecular formula is C18H19FN4O3S. The highest BCUT2D eigenvalue weighted by atomic mass is 32.2. The fourth-order valence-electron chi connectivity index (χ4n) is 3.12. The Morgan fingerprint density at radius 2 is 1.93 bits per heavy atom. The van der Waals surface area contributed by atoms with Crippen LogP contribution in [0.25, 0.3) is 11.5 Å². The van der Waals surface area contributed by atoms with Crippen molar-refractivity contribution in [1.29, 1.82) is 0 Å². The van der Waals surface area contributed by atoms with Gasteiger partial charge in [0.15, 0.2) is 0 Å². The number of aryl methyl sites for hydroxylation is 3. The second-order valence-corrected chi connectivity index (χ2v) is 8.48. The minimum atomic E-state index is -3.96. The van der Waals surface area contributed by atoms with E-state index >= 15 is 0 Å². The number of nitrogens with zero attached hydrogens (tertiary/aromatic N) is 2. The van der Waals surface area contributed by atoms with E-state index in [1.807, 2.05) is 0 Å². The summed E-state index contributed by atoms with van der Waals surface area (Å²) in [6.45, 7) is 5.06. The monoisotopic (exact) mass is 390 g/mol. The van der Waals surface area contributed by atoms with Crippen molar-refractivity contribution in [3.8, 4) is 11.5 Å². The predicted molar refractivity (Wildman–Crippen MR) is 97.5 cm³/mol. The van der Waals surface area contributed by atoms with Crippen LogP contribution in [0.3, 0.4) is 0 Å². The Kier molecular flexibility index (Phi) is 4.06. The Bertz CT molecular complexity index is 1130. The maximum absolute atomic E-state index is 13.3. The number of H-pyrrole nitrogens is 1. The van der Waals surface area contributed by atoms with Gasteiger partial charge >= 0.3 is 0 Å². The number of hydrogen-bond donors (Lipinski definition) is 2. The smallest absolute Gasteiger partial charge is 0.264 e. The number of hydrogen-bond acceptors (Lipinski definition) is 5. The largest absolute Gasteiger partial charge is 0.420 e. The standard InChI is InChI=1S/C18H19FN4O3S/c1-9-8-13(19)6-7-14(9)23-27(24,25)16-11(3)20-10(2)15(16)18-22-21-17(26-18)12-4-5-12/h6-8,12,20,23H,4-5H2,1-3H3. The van der Waals surface area contributed by atoms with Gasteiger partial charge in [-0.3, -0.25) is 4.72 Å². The molecule has 4 rings (SSSR count). The van der Waals surface area contributed by atoms with Crippen molar-refractivity contribution < 1.29 is 17.2 Å². The van der Waals surface area contributed by atoms with Crippen LogP contribution >= 0.6 is 0 Å². The summed E-state index contributed by atoms with van der Waals surface area (Å²) in [5.74, 6) is 0.554. The van der Waals surface area contributed by atoms with Crippen LogP contribution in [0.5, 0.6) is 0 Å². The van der Waals surface area contributed by atoms with Crippen LogP contribution in [0.2, 0.25) is 0 Å². The van der Waals surface area contributed by atoms with E-state index in [2.05, 4.69) is 19.9 Å². The minimum absolute atomic E-state index is 0.0507. The van der Waals surface area contributed by atoms with Crippen molar-refractivity contribution in [2.24, 2.45) is 0 Å². The fourth-order valence-corrected chi connectivity index (χ4v) is 4.70. The third-order valence-corrected chi connectivity index (χ3v) is 6.14. The zero-order valence-corrected chi connectivity index (χ0v) is 15.9. The van der Waals surface area contributed by atoms with E-state index in [1.54, 1.807) is 20.8 Å². The Morgan fingerprint density at radius 3 is 2.59 bits per heavy atom. The molecule has 2 heterocycles. The zero-order valence-electron chi connectivity index (χ0n) is 15.1. The van der Waals surface area contributed by atoms with Gasteiger partial charge in [0.05, 0.1) is 11.3 Å². The van der Waals surface area contributed by atoms with E-state index in [1.165, 1.54) is 18.2 Å². The molecule has 27 heavy (non-hydrogen) atoms. The summed E-state index contributed by atoms with van der Waals surface area (Å²) in [5, 5.41) is 8.10. The molecule has 1 aromatic carbocycles. The molecule has 2 N–H and O–H groups in total. The van der Waals surface area contributed by atoms with Crippen molar-refractivity contribution in [3.05, 3.63) is 46.9 Å². The van der Waals surface area contributed by atoms with Crippen molar-refractivity contribution in [1.82, 2.24) is 15.2 Å². The lowest BCUT2D eigenvalue weighted by Gasteiger charge is -2.11. The molecule has 1 saturated carbocycles. The first-order valence-corrected chi connectivity index (χ1v) is 10.1. The molecule has 1 fully saturated rings. The van der Waals surface area contributed by atoms with Crippen LogP contribution in [0.4, 0.5) is 10.1 Å². The van der Waals surface area contributed by atoms with E-state index in [9.17, 15) is 12.8 Å². The number of benzene rings is 1. The molecule has 0 unspecified atom stereocenters. The fraction of sp³-hybridized carbons (Fsp3) is 0.333. The molecule has 0 bridgehead atoms. The van der Waals surface area contributed by atoms with Gasteiger partial charge in [0, 0.05) is 17.3 Å². The zero-order chi connectivity index (χ0) is 19.3. The van der Waals surface area contributed by atoms with Crippen molar-refractivity contribution in [2.45, 2.75) is 44.4 Å². The minimum Gasteiger partial charge on any atom is -0.420 e. The van der Waals surface area contributed by atoms with E-state index in [4.69, 9.17) is 4.42 Å². The van der Waals surface area contributed by atoms with Gasteiger partial charge in [0.1, 0.15) is 10.7 Å². The Hall–Kier alpha value is -2.68. The van der Waals surface area contributed by atoms with Crippen molar-refractivity contribution in [2.75, 3.05) is 4.72 Å². The highest BCUT2D eigenvalue weighted by Gasteiger charge is 2.33. The molecule has 3 aromatic rings. The molecule has 0 aliphatic heterocycles. The Labute approximate surface area is 156 Å². The van der Waals surface area contributed by atoms with Gasteiger partial charge in [-0.05, 0) is 57.4 Å². The maximum atomic E-state index is 13.3. The maximum Gasteiger partial charge on any atom is 0.264 e. The number of rotatable bonds is 5. The summed E-state index contributed by atoms with van der Waals surface area (Å²) in [6, 6.07) is 3.88. The number of aromatic nitrogens is 3. The van der Waals surface area contributed by atoms with E-state index < -0.39 is 15.8 Å². The van der Waals surface area contributed by atoms with E-state index in [-0.39, 0.29) is 16.7 Å². The highest BCUT2D eigenvalue weighted by molar-refractivity contribution is 7.93. The molecule has 2 aromatic heterocycles. The molecule has 7 nitrogen and oxygen atoms in total. The van der Waals surface area contributed by atoms with Gasteiger partial charge in [-0.1, -0.05) is 0 Å². The van der Waals surface area contributed by atoms with Crippen LogP contribution in [0.15, 0.2) is 27.5 Å². The lowest BCUT2D eigenvalue weighted by atomic mass is 10.2. The number of nitrogens with one attached hydrogen (secondary N) is 2. The van der Waals surface area contributed by atoms with Gasteiger partial charge in [-0.15, -0.1) is 10.2 Å². The average molecular weight is 390 g/mol. The molecule has 0 saturated heterocycles. The third kappa shape index (κ3) is 3.23. The van der Waals surface area contributed by atoms with Crippen LogP contribution < -0.4 is 4.72 Å². The first-order chi connectivity index (χ1) is 12.8. The molecule has 0 spiro atoms. The summed E-state index contributed by atoms with van der Waals surface area (Å²) in [5.41, 5.74) is 2.23. The Balaban J connectivity index is 1.78. The lowest BCUT2D eigenvalue weighted by Crippen LogP contribution is -2.15. The van der Waals surface area contributed by atoms with E-state index in [0.717, 1.165) is 12.8 Å². The van der Waals surface area contributed by atoms with Crippen molar-refractivity contribution >= 4 is 15.7 Å². The van der Waals surface area contributed by atoms with Gasteiger partial charge < -0.3 is 9.40 Å². The van der Waals surface area contributed by atoms with Crippen LogP contribution in [0.1, 0.15) is 41.6 Å². The summed E-state index contributed by atoms with van der Waals surface area (Å²) < 4.78 is 47.8. The lowest BCUT2D eigenvalue weighted by molar-refractivity contribution is 0.507. The second-order valence-electron chi connectivity index (χ2n) is 6.86. The summed E-state index contributed by atoms with van der Waals surface area (Å²) in [7, 11) is -3.96. The molecule has 1 aliphatic carbocycles. The van der Waals surface area contributed by atoms with Gasteiger partial charge in [-0.2, -0.15) is 0 Å². The quantitative estimate of drug-likeness (QED) is 0.690. The van der Waals surface area contributed by atoms with Crippen LogP contribution in [-0.2, 0) is 10.0 Å². The van der Waals surface area contributed by atoms with Gasteiger partial charge in [0.2, 0.25) is 5.89 Å². The summed E-state index contributed by atoms with van der Waals surface area (Å²) in [6.07, 6.45) is 2.01. The Morgan fingerprint density at radius 1 is 1.19 bits per heavy atom. The number of halogens is 1. The van der Waals surface area contributed by atoms with Crippen LogP contribution in [-0.4, -0.2) is 23.6 Å². The van der Waals surface area contributed by atoms with Crippen LogP contribution in [0, 0.1) is 26.6 Å². The van der Waals surface area contributed by atoms with Crippen molar-refractivity contribution in [3.63, 3.8) is 0 Å². The highest BCUT2D eigenvalue weighted by Crippen LogP contribution is 2.41. The predicted octanol–water partition coefficient (Wildman–Crippen LogP) is 3.81. The molecule has 0 radical (unpaired) electrons. The molecule has 0 atom stereocenters.